The molecule has 2 heterocycles. The van der Waals surface area contributed by atoms with Crippen LogP contribution in [0.3, 0.4) is 0 Å². The molecular formula is C11H10ClN5O. The summed E-state index contributed by atoms with van der Waals surface area (Å²) in [6.07, 6.45) is 1.65. The van der Waals surface area contributed by atoms with Crippen molar-refractivity contribution >= 4 is 29.0 Å². The number of nitrogens with one attached hydrogen (secondary N) is 1. The molecule has 18 heavy (non-hydrogen) atoms. The lowest BCUT2D eigenvalue weighted by Crippen LogP contribution is -2.16. The summed E-state index contributed by atoms with van der Waals surface area (Å²) >= 11 is 5.58. The highest BCUT2D eigenvalue weighted by Crippen LogP contribution is 2.07. The van der Waals surface area contributed by atoms with Crippen LogP contribution < -0.4 is 11.1 Å². The summed E-state index contributed by atoms with van der Waals surface area (Å²) in [5.41, 5.74) is 6.69. The normalized spacial score (nSPS) is 10.1. The number of pyridine rings is 1. The predicted octanol–water partition coefficient (Wildman–Crippen LogP) is 1.29. The Hall–Kier alpha value is -2.21. The molecule has 6 nitrogen and oxygen atoms in total. The molecule has 0 aliphatic heterocycles. The Morgan fingerprint density at radius 2 is 2.11 bits per heavy atom. The van der Waals surface area contributed by atoms with Crippen LogP contribution in [0, 0.1) is 0 Å². The van der Waals surface area contributed by atoms with E-state index in [1.165, 1.54) is 6.20 Å². The Kier molecular flexibility index (Phi) is 3.69. The molecule has 92 valence electrons. The van der Waals surface area contributed by atoms with Crippen molar-refractivity contribution in [1.82, 2.24) is 15.2 Å². The average molecular weight is 264 g/mol. The van der Waals surface area contributed by atoms with Gasteiger partial charge in [0, 0.05) is 5.69 Å². The van der Waals surface area contributed by atoms with E-state index in [1.807, 2.05) is 0 Å². The maximum absolute atomic E-state index is 11.7. The van der Waals surface area contributed by atoms with E-state index in [4.69, 9.17) is 17.3 Å². The quantitative estimate of drug-likeness (QED) is 0.870. The topological polar surface area (TPSA) is 93.8 Å². The van der Waals surface area contributed by atoms with Crippen molar-refractivity contribution in [2.24, 2.45) is 0 Å². The molecule has 1 amide bonds. The SMILES string of the molecule is Nc1ccc(CC(=O)Nc2ccc(Cl)nn2)nc1. The van der Waals surface area contributed by atoms with Gasteiger partial charge in [0.1, 0.15) is 0 Å². The first-order chi connectivity index (χ1) is 8.63. The molecule has 0 saturated carbocycles. The molecule has 2 rings (SSSR count). The van der Waals surface area contributed by atoms with E-state index in [-0.39, 0.29) is 17.5 Å². The first-order valence-corrected chi connectivity index (χ1v) is 5.51. The first kappa shape index (κ1) is 12.3. The number of halogens is 1. The van der Waals surface area contributed by atoms with E-state index in [0.29, 0.717) is 17.2 Å². The Bertz CT molecular complexity index is 491. The number of nitrogens with zero attached hydrogens (tertiary/aromatic N) is 3. The van der Waals surface area contributed by atoms with Gasteiger partial charge in [-0.2, -0.15) is 0 Å². The summed E-state index contributed by atoms with van der Waals surface area (Å²) in [4.78, 5) is 15.7. The first-order valence-electron chi connectivity index (χ1n) is 5.13. The Morgan fingerprint density at radius 3 is 2.72 bits per heavy atom. The van der Waals surface area contributed by atoms with Crippen molar-refractivity contribution in [2.45, 2.75) is 6.42 Å². The zero-order valence-electron chi connectivity index (χ0n) is 9.30. The van der Waals surface area contributed by atoms with Gasteiger partial charge in [0.15, 0.2) is 11.0 Å². The summed E-state index contributed by atoms with van der Waals surface area (Å²) in [6.45, 7) is 0. The van der Waals surface area contributed by atoms with Gasteiger partial charge in [-0.1, -0.05) is 11.6 Å². The van der Waals surface area contributed by atoms with E-state index >= 15 is 0 Å². The number of amides is 1. The van der Waals surface area contributed by atoms with Crippen molar-refractivity contribution in [1.29, 1.82) is 0 Å². The number of rotatable bonds is 3. The molecule has 0 spiro atoms. The highest BCUT2D eigenvalue weighted by atomic mass is 35.5. The lowest BCUT2D eigenvalue weighted by atomic mass is 10.2. The van der Waals surface area contributed by atoms with Crippen molar-refractivity contribution in [2.75, 3.05) is 11.1 Å². The maximum Gasteiger partial charge on any atom is 0.231 e. The van der Waals surface area contributed by atoms with Gasteiger partial charge < -0.3 is 11.1 Å². The zero-order valence-corrected chi connectivity index (χ0v) is 10.1. The Labute approximate surface area is 108 Å². The zero-order chi connectivity index (χ0) is 13.0. The second-order valence-electron chi connectivity index (χ2n) is 3.55. The molecule has 0 aromatic carbocycles. The van der Waals surface area contributed by atoms with Gasteiger partial charge in [-0.3, -0.25) is 9.78 Å². The molecule has 0 fully saturated rings. The Balaban J connectivity index is 1.96. The van der Waals surface area contributed by atoms with E-state index in [9.17, 15) is 4.79 Å². The van der Waals surface area contributed by atoms with Gasteiger partial charge in [-0.15, -0.1) is 10.2 Å². The minimum absolute atomic E-state index is 0.143. The summed E-state index contributed by atoms with van der Waals surface area (Å²) < 4.78 is 0. The molecule has 0 aliphatic carbocycles. The van der Waals surface area contributed by atoms with Crippen molar-refractivity contribution in [3.8, 4) is 0 Å². The molecule has 2 aromatic rings. The van der Waals surface area contributed by atoms with Gasteiger partial charge in [0.2, 0.25) is 5.91 Å². The van der Waals surface area contributed by atoms with Crippen molar-refractivity contribution in [3.63, 3.8) is 0 Å². The fourth-order valence-electron chi connectivity index (χ4n) is 1.27. The monoisotopic (exact) mass is 263 g/mol. The third kappa shape index (κ3) is 3.39. The lowest BCUT2D eigenvalue weighted by molar-refractivity contribution is -0.115. The minimum Gasteiger partial charge on any atom is -0.397 e. The van der Waals surface area contributed by atoms with E-state index in [0.717, 1.165) is 0 Å². The third-order valence-electron chi connectivity index (χ3n) is 2.09. The molecule has 0 unspecified atom stereocenters. The molecule has 7 heteroatoms. The van der Waals surface area contributed by atoms with E-state index < -0.39 is 0 Å². The summed E-state index contributed by atoms with van der Waals surface area (Å²) in [7, 11) is 0. The summed E-state index contributed by atoms with van der Waals surface area (Å²) in [5.74, 6) is 0.115. The molecule has 0 aliphatic rings. The predicted molar refractivity (Wildman–Crippen MR) is 68.0 cm³/mol. The van der Waals surface area contributed by atoms with Gasteiger partial charge >= 0.3 is 0 Å². The van der Waals surface area contributed by atoms with Crippen LogP contribution in [0.5, 0.6) is 0 Å². The number of carbonyl (C=O) groups excluding carboxylic acids is 1. The smallest absolute Gasteiger partial charge is 0.231 e. The van der Waals surface area contributed by atoms with E-state index in [2.05, 4.69) is 20.5 Å². The fraction of sp³-hybridized carbons (Fsp3) is 0.0909. The molecule has 0 radical (unpaired) electrons. The highest BCUT2D eigenvalue weighted by Gasteiger charge is 2.06. The third-order valence-corrected chi connectivity index (χ3v) is 2.29. The molecule has 3 N–H and O–H groups in total. The maximum atomic E-state index is 11.7. The van der Waals surface area contributed by atoms with Crippen LogP contribution in [0.15, 0.2) is 30.5 Å². The molecule has 2 aromatic heterocycles. The molecule has 0 saturated heterocycles. The molecular weight excluding hydrogens is 254 g/mol. The number of anilines is 2. The summed E-state index contributed by atoms with van der Waals surface area (Å²) in [5, 5.41) is 10.2. The largest absolute Gasteiger partial charge is 0.397 e. The van der Waals surface area contributed by atoms with Crippen LogP contribution in [0.2, 0.25) is 5.15 Å². The molecule has 0 bridgehead atoms. The number of nitrogens with two attached hydrogens (primary N) is 1. The van der Waals surface area contributed by atoms with E-state index in [1.54, 1.807) is 24.3 Å². The van der Waals surface area contributed by atoms with Gasteiger partial charge in [0.25, 0.3) is 0 Å². The van der Waals surface area contributed by atoms with Gasteiger partial charge in [-0.05, 0) is 24.3 Å². The number of hydrogen-bond donors (Lipinski definition) is 2. The van der Waals surface area contributed by atoms with Crippen LogP contribution >= 0.6 is 11.6 Å². The number of aromatic nitrogens is 3. The standard InChI is InChI=1S/C11H10ClN5O/c12-9-3-4-10(17-16-9)15-11(18)5-8-2-1-7(13)6-14-8/h1-4,6H,5,13H2,(H,15,17,18). The van der Waals surface area contributed by atoms with Crippen LogP contribution in [-0.2, 0) is 11.2 Å². The van der Waals surface area contributed by atoms with Crippen LogP contribution in [-0.4, -0.2) is 21.1 Å². The van der Waals surface area contributed by atoms with Crippen LogP contribution in [0.1, 0.15) is 5.69 Å². The number of hydrogen-bond acceptors (Lipinski definition) is 5. The van der Waals surface area contributed by atoms with Gasteiger partial charge in [0.05, 0.1) is 18.3 Å². The summed E-state index contributed by atoms with van der Waals surface area (Å²) in [6, 6.07) is 6.51. The number of nitrogen functional groups attached to an aromatic ring is 1. The van der Waals surface area contributed by atoms with Crippen LogP contribution in [0.25, 0.3) is 0 Å². The lowest BCUT2D eigenvalue weighted by Gasteiger charge is -2.03. The fourth-order valence-corrected chi connectivity index (χ4v) is 1.38. The van der Waals surface area contributed by atoms with Crippen molar-refractivity contribution in [3.05, 3.63) is 41.3 Å². The average Bonchev–Trinajstić information content (AvgIpc) is 2.35. The Morgan fingerprint density at radius 1 is 1.28 bits per heavy atom. The number of carbonyl (C=O) groups is 1. The molecule has 0 atom stereocenters. The second-order valence-corrected chi connectivity index (χ2v) is 3.94. The van der Waals surface area contributed by atoms with Crippen molar-refractivity contribution < 1.29 is 4.79 Å². The van der Waals surface area contributed by atoms with Gasteiger partial charge in [-0.25, -0.2) is 0 Å². The highest BCUT2D eigenvalue weighted by molar-refractivity contribution is 6.29. The second kappa shape index (κ2) is 5.42. The minimum atomic E-state index is -0.233. The van der Waals surface area contributed by atoms with Crippen LogP contribution in [0.4, 0.5) is 11.5 Å².